The van der Waals surface area contributed by atoms with E-state index < -0.39 is 5.41 Å². The van der Waals surface area contributed by atoms with Crippen LogP contribution in [0.25, 0.3) is 99.1 Å². The number of benzene rings is 10. The first kappa shape index (κ1) is 31.7. The lowest BCUT2D eigenvalue weighted by Crippen LogP contribution is -2.25. The van der Waals surface area contributed by atoms with Crippen molar-refractivity contribution in [2.45, 2.75) is 5.41 Å². The fourth-order valence-electron chi connectivity index (χ4n) is 10.8. The number of hydrogen-bond donors (Lipinski definition) is 0. The Hall–Kier alpha value is -7.48. The summed E-state index contributed by atoms with van der Waals surface area (Å²) in [6, 6.07) is 76.0. The topological polar surface area (TPSA) is 13.1 Å². The Kier molecular flexibility index (Phi) is 6.43. The summed E-state index contributed by atoms with van der Waals surface area (Å²) >= 11 is 0. The molecule has 0 bridgehead atoms. The van der Waals surface area contributed by atoms with E-state index in [4.69, 9.17) is 4.42 Å². The second kappa shape index (κ2) is 11.8. The van der Waals surface area contributed by atoms with Crippen molar-refractivity contribution in [2.75, 3.05) is 0 Å². The monoisotopic (exact) mass is 734 g/mol. The molecule has 268 valence electrons. The van der Waals surface area contributed by atoms with E-state index in [1.807, 2.05) is 0 Å². The quantitative estimate of drug-likeness (QED) is 0.165. The van der Waals surface area contributed by atoms with Gasteiger partial charge in [0.25, 0.3) is 0 Å². The summed E-state index contributed by atoms with van der Waals surface area (Å²) < 4.78 is 6.98. The molecule has 10 aromatic carbocycles. The van der Waals surface area contributed by atoms with Crippen LogP contribution in [0.1, 0.15) is 22.3 Å². The van der Waals surface area contributed by atoms with Crippen molar-refractivity contribution in [2.24, 2.45) is 0 Å². The highest BCUT2D eigenvalue weighted by atomic mass is 16.3. The van der Waals surface area contributed by atoms with E-state index in [1.54, 1.807) is 0 Å². The van der Waals surface area contributed by atoms with Crippen LogP contribution in [0.4, 0.5) is 0 Å². The number of rotatable bonds is 3. The summed E-state index contributed by atoms with van der Waals surface area (Å²) in [5.74, 6) is 0. The average Bonchev–Trinajstić information content (AvgIpc) is 3.91. The predicted octanol–water partition coefficient (Wildman–Crippen LogP) is 15.2. The summed E-state index contributed by atoms with van der Waals surface area (Å²) in [6.45, 7) is 0. The van der Waals surface area contributed by atoms with Crippen molar-refractivity contribution in [1.29, 1.82) is 0 Å². The van der Waals surface area contributed by atoms with Crippen molar-refractivity contribution in [3.63, 3.8) is 0 Å². The van der Waals surface area contributed by atoms with Gasteiger partial charge in [0.15, 0.2) is 0 Å². The molecule has 0 amide bonds. The Morgan fingerprint density at radius 2 is 0.741 bits per heavy atom. The Morgan fingerprint density at radius 3 is 1.34 bits per heavy atom. The van der Waals surface area contributed by atoms with Crippen LogP contribution < -0.4 is 0 Å². The van der Waals surface area contributed by atoms with Gasteiger partial charge in [-0.05, 0) is 118 Å². The molecular formula is C57H34O. The van der Waals surface area contributed by atoms with Crippen LogP contribution >= 0.6 is 0 Å². The molecule has 0 radical (unpaired) electrons. The molecule has 2 aliphatic rings. The van der Waals surface area contributed by atoms with Gasteiger partial charge in [0.2, 0.25) is 0 Å². The second-order valence-corrected chi connectivity index (χ2v) is 15.8. The molecule has 13 rings (SSSR count). The molecule has 0 saturated carbocycles. The maximum Gasteiger partial charge on any atom is 0.136 e. The highest BCUT2D eigenvalue weighted by Gasteiger charge is 2.51. The lowest BCUT2D eigenvalue weighted by Gasteiger charge is -2.30. The van der Waals surface area contributed by atoms with Crippen LogP contribution in [-0.4, -0.2) is 0 Å². The molecule has 0 atom stereocenters. The molecule has 0 aliphatic heterocycles. The molecule has 0 N–H and O–H groups in total. The van der Waals surface area contributed by atoms with E-state index >= 15 is 0 Å². The van der Waals surface area contributed by atoms with Gasteiger partial charge in [-0.3, -0.25) is 0 Å². The lowest BCUT2D eigenvalue weighted by atomic mass is 9.70. The van der Waals surface area contributed by atoms with Gasteiger partial charge in [-0.2, -0.15) is 0 Å². The summed E-state index contributed by atoms with van der Waals surface area (Å²) in [6.07, 6.45) is 0. The van der Waals surface area contributed by atoms with E-state index in [1.165, 1.54) is 99.4 Å². The second-order valence-electron chi connectivity index (χ2n) is 15.8. The number of furan rings is 1. The molecule has 1 heteroatoms. The minimum Gasteiger partial charge on any atom is -0.456 e. The first-order valence-electron chi connectivity index (χ1n) is 20.2. The van der Waals surface area contributed by atoms with E-state index in [0.717, 1.165) is 21.9 Å². The molecule has 1 spiro atoms. The minimum absolute atomic E-state index is 0.420. The molecule has 0 unspecified atom stereocenters. The first-order valence-corrected chi connectivity index (χ1v) is 20.2. The van der Waals surface area contributed by atoms with E-state index in [9.17, 15) is 0 Å². The minimum atomic E-state index is -0.420. The third-order valence-electron chi connectivity index (χ3n) is 13.1. The van der Waals surface area contributed by atoms with Gasteiger partial charge < -0.3 is 4.42 Å². The lowest BCUT2D eigenvalue weighted by molar-refractivity contribution is 0.666. The highest BCUT2D eigenvalue weighted by Crippen LogP contribution is 2.63. The molecule has 1 aromatic heterocycles. The molecular weight excluding hydrogens is 701 g/mol. The van der Waals surface area contributed by atoms with Crippen LogP contribution in [0.15, 0.2) is 211 Å². The number of fused-ring (bicyclic) bond motifs is 15. The predicted molar refractivity (Wildman–Crippen MR) is 241 cm³/mol. The zero-order chi connectivity index (χ0) is 38.0. The zero-order valence-corrected chi connectivity index (χ0v) is 31.5. The van der Waals surface area contributed by atoms with Crippen molar-refractivity contribution >= 4 is 43.5 Å². The third kappa shape index (κ3) is 4.10. The van der Waals surface area contributed by atoms with Crippen molar-refractivity contribution in [3.05, 3.63) is 229 Å². The SMILES string of the molecule is c1ccc(-c2ccc(-c3c4ccccc4c(-c4cccc5oc6cc7c(cc6c45)-c4ccccc4C74c5ccccc5-c5ccccc54)c4ccccc34)cc2)cc1. The van der Waals surface area contributed by atoms with Crippen molar-refractivity contribution in [1.82, 2.24) is 0 Å². The van der Waals surface area contributed by atoms with Crippen LogP contribution in [0.3, 0.4) is 0 Å². The van der Waals surface area contributed by atoms with Crippen molar-refractivity contribution in [3.8, 4) is 55.6 Å². The maximum absolute atomic E-state index is 6.98. The standard InChI is InChI=1S/C57H34O/c1-2-15-35(16-3-1)36-29-31-37(32-30-36)54-41-20-4-6-22-43(41)55(44-23-7-5-21-42(44)54)45-24-14-28-52-56(45)47-33-46-40-19-10-13-27-50(40)57(51(46)34-53(47)58-52)48-25-11-8-17-38(48)39-18-9-12-26-49(39)57/h1-34H. The molecule has 58 heavy (non-hydrogen) atoms. The fourth-order valence-corrected chi connectivity index (χ4v) is 10.8. The number of hydrogen-bond acceptors (Lipinski definition) is 1. The first-order chi connectivity index (χ1) is 28.8. The van der Waals surface area contributed by atoms with E-state index in [0.29, 0.717) is 0 Å². The Morgan fingerprint density at radius 1 is 0.276 bits per heavy atom. The van der Waals surface area contributed by atoms with Gasteiger partial charge in [0.1, 0.15) is 11.2 Å². The summed E-state index contributed by atoms with van der Waals surface area (Å²) in [4.78, 5) is 0. The Bertz CT molecular complexity index is 3390. The Balaban J connectivity index is 1.08. The summed E-state index contributed by atoms with van der Waals surface area (Å²) in [7, 11) is 0. The largest absolute Gasteiger partial charge is 0.456 e. The summed E-state index contributed by atoms with van der Waals surface area (Å²) in [5.41, 5.74) is 19.2. The van der Waals surface area contributed by atoms with Gasteiger partial charge in [-0.1, -0.05) is 188 Å². The molecule has 1 heterocycles. The van der Waals surface area contributed by atoms with E-state index in [2.05, 4.69) is 206 Å². The van der Waals surface area contributed by atoms with Gasteiger partial charge in [-0.15, -0.1) is 0 Å². The fraction of sp³-hybridized carbons (Fsp3) is 0.0175. The molecule has 11 aromatic rings. The van der Waals surface area contributed by atoms with E-state index in [-0.39, 0.29) is 0 Å². The average molecular weight is 735 g/mol. The van der Waals surface area contributed by atoms with Crippen LogP contribution in [0.5, 0.6) is 0 Å². The van der Waals surface area contributed by atoms with Gasteiger partial charge >= 0.3 is 0 Å². The van der Waals surface area contributed by atoms with Gasteiger partial charge in [0.05, 0.1) is 5.41 Å². The molecule has 2 aliphatic carbocycles. The smallest absolute Gasteiger partial charge is 0.136 e. The van der Waals surface area contributed by atoms with Crippen molar-refractivity contribution < 1.29 is 4.42 Å². The zero-order valence-electron chi connectivity index (χ0n) is 31.5. The van der Waals surface area contributed by atoms with Crippen LogP contribution in [0, 0.1) is 0 Å². The third-order valence-corrected chi connectivity index (χ3v) is 13.1. The van der Waals surface area contributed by atoms with Gasteiger partial charge in [-0.25, -0.2) is 0 Å². The highest BCUT2D eigenvalue weighted by molar-refractivity contribution is 6.26. The normalized spacial score (nSPS) is 13.3. The molecule has 1 nitrogen and oxygen atoms in total. The maximum atomic E-state index is 6.98. The molecule has 0 saturated heterocycles. The Labute approximate surface area is 336 Å². The summed E-state index contributed by atoms with van der Waals surface area (Å²) in [5, 5.41) is 7.24. The molecule has 0 fully saturated rings. The van der Waals surface area contributed by atoms with Gasteiger partial charge in [0, 0.05) is 10.8 Å². The van der Waals surface area contributed by atoms with Crippen LogP contribution in [-0.2, 0) is 5.41 Å². The van der Waals surface area contributed by atoms with Crippen LogP contribution in [0.2, 0.25) is 0 Å².